The molecule has 1 unspecified atom stereocenters. The van der Waals surface area contributed by atoms with Gasteiger partial charge in [0, 0.05) is 5.41 Å². The SMILES string of the molecule is CCCCC(C)(OC(=O)CC(=O)[O-])C(C)(C)C.[Li+]. The average Bonchev–Trinajstić information content (AvgIpc) is 2.11. The third-order valence-electron chi connectivity index (χ3n) is 3.22. The number of aliphatic carboxylic acids is 1. The molecular formula is C13H23LiO4. The Morgan fingerprint density at radius 1 is 1.17 bits per heavy atom. The number of hydrogen-bond donors (Lipinski definition) is 0. The van der Waals surface area contributed by atoms with Crippen LogP contribution in [-0.2, 0) is 14.3 Å². The predicted molar refractivity (Wildman–Crippen MR) is 63.1 cm³/mol. The zero-order chi connectivity index (χ0) is 13.7. The van der Waals surface area contributed by atoms with Crippen molar-refractivity contribution in [2.75, 3.05) is 0 Å². The molecule has 0 aliphatic carbocycles. The normalized spacial score (nSPS) is 14.3. The molecule has 0 aromatic heterocycles. The van der Waals surface area contributed by atoms with Gasteiger partial charge in [-0.3, -0.25) is 4.79 Å². The number of carboxylic acids is 1. The summed E-state index contributed by atoms with van der Waals surface area (Å²) in [5.41, 5.74) is -0.876. The molecule has 0 aromatic carbocycles. The van der Waals surface area contributed by atoms with Gasteiger partial charge in [-0.05, 0) is 19.8 Å². The van der Waals surface area contributed by atoms with Crippen LogP contribution < -0.4 is 24.0 Å². The van der Waals surface area contributed by atoms with Gasteiger partial charge in [0.2, 0.25) is 0 Å². The van der Waals surface area contributed by atoms with Gasteiger partial charge in [0.1, 0.15) is 5.60 Å². The van der Waals surface area contributed by atoms with Crippen molar-refractivity contribution in [3.05, 3.63) is 0 Å². The molecule has 0 saturated carbocycles. The molecule has 0 amide bonds. The molecular weight excluding hydrogens is 227 g/mol. The van der Waals surface area contributed by atoms with Gasteiger partial charge in [-0.2, -0.15) is 0 Å². The molecule has 0 N–H and O–H groups in total. The van der Waals surface area contributed by atoms with Crippen LogP contribution in [0.1, 0.15) is 60.3 Å². The van der Waals surface area contributed by atoms with E-state index in [9.17, 15) is 14.7 Å². The van der Waals surface area contributed by atoms with Crippen molar-refractivity contribution in [2.45, 2.75) is 65.9 Å². The zero-order valence-electron chi connectivity index (χ0n) is 12.5. The molecule has 0 rings (SSSR count). The minimum Gasteiger partial charge on any atom is -0.550 e. The molecule has 0 fully saturated rings. The van der Waals surface area contributed by atoms with E-state index in [4.69, 9.17) is 4.74 Å². The van der Waals surface area contributed by atoms with Crippen LogP contribution >= 0.6 is 0 Å². The molecule has 0 bridgehead atoms. The summed E-state index contributed by atoms with van der Waals surface area (Å²) in [5, 5.41) is 10.3. The van der Waals surface area contributed by atoms with E-state index in [2.05, 4.69) is 6.92 Å². The third kappa shape index (κ3) is 6.46. The number of carbonyl (C=O) groups is 2. The van der Waals surface area contributed by atoms with Crippen LogP contribution in [0.15, 0.2) is 0 Å². The molecule has 0 radical (unpaired) electrons. The second kappa shape index (κ2) is 7.86. The smallest absolute Gasteiger partial charge is 0.550 e. The van der Waals surface area contributed by atoms with E-state index < -0.39 is 24.0 Å². The van der Waals surface area contributed by atoms with E-state index in [1.54, 1.807) is 0 Å². The van der Waals surface area contributed by atoms with Crippen molar-refractivity contribution in [1.29, 1.82) is 0 Å². The molecule has 0 spiro atoms. The molecule has 5 heteroatoms. The van der Waals surface area contributed by atoms with Crippen molar-refractivity contribution in [2.24, 2.45) is 5.41 Å². The summed E-state index contributed by atoms with van der Waals surface area (Å²) in [6, 6.07) is 0. The predicted octanol–water partition coefficient (Wildman–Crippen LogP) is -1.33. The maximum absolute atomic E-state index is 11.4. The van der Waals surface area contributed by atoms with E-state index in [1.165, 1.54) is 0 Å². The van der Waals surface area contributed by atoms with Crippen molar-refractivity contribution >= 4 is 11.9 Å². The molecule has 1 atom stereocenters. The number of carbonyl (C=O) groups excluding carboxylic acids is 2. The quantitative estimate of drug-likeness (QED) is 0.333. The monoisotopic (exact) mass is 250 g/mol. The maximum atomic E-state index is 11.4. The Labute approximate surface area is 122 Å². The first-order valence-corrected chi connectivity index (χ1v) is 6.04. The summed E-state index contributed by atoms with van der Waals surface area (Å²) in [6.07, 6.45) is 1.99. The number of rotatable bonds is 6. The van der Waals surface area contributed by atoms with Crippen molar-refractivity contribution in [3.8, 4) is 0 Å². The van der Waals surface area contributed by atoms with Crippen LogP contribution in [0.2, 0.25) is 0 Å². The largest absolute Gasteiger partial charge is 1.00 e. The molecule has 100 valence electrons. The van der Waals surface area contributed by atoms with Gasteiger partial charge in [0.05, 0.1) is 12.4 Å². The van der Waals surface area contributed by atoms with Gasteiger partial charge in [-0.15, -0.1) is 0 Å². The summed E-state index contributed by atoms with van der Waals surface area (Å²) >= 11 is 0. The van der Waals surface area contributed by atoms with Crippen LogP contribution in [0.5, 0.6) is 0 Å². The Morgan fingerprint density at radius 3 is 2.00 bits per heavy atom. The van der Waals surface area contributed by atoms with Gasteiger partial charge in [-0.1, -0.05) is 34.1 Å². The first-order valence-electron chi connectivity index (χ1n) is 6.04. The zero-order valence-corrected chi connectivity index (χ0v) is 12.5. The molecule has 4 nitrogen and oxygen atoms in total. The second-order valence-electron chi connectivity index (χ2n) is 5.61. The molecule has 0 saturated heterocycles. The van der Waals surface area contributed by atoms with Crippen LogP contribution in [0.4, 0.5) is 0 Å². The number of unbranched alkanes of at least 4 members (excludes halogenated alkanes) is 1. The van der Waals surface area contributed by atoms with Crippen molar-refractivity contribution < 1.29 is 38.3 Å². The summed E-state index contributed by atoms with van der Waals surface area (Å²) in [6.45, 7) is 9.86. The van der Waals surface area contributed by atoms with Crippen LogP contribution in [-0.4, -0.2) is 17.5 Å². The van der Waals surface area contributed by atoms with Crippen LogP contribution in [0.3, 0.4) is 0 Å². The maximum Gasteiger partial charge on any atom is 1.00 e. The Kier molecular flexibility index (Phi) is 8.68. The van der Waals surface area contributed by atoms with E-state index in [0.717, 1.165) is 19.3 Å². The van der Waals surface area contributed by atoms with Gasteiger partial charge >= 0.3 is 24.8 Å². The van der Waals surface area contributed by atoms with Crippen LogP contribution in [0, 0.1) is 5.41 Å². The number of esters is 1. The molecule has 0 aromatic rings. The third-order valence-corrected chi connectivity index (χ3v) is 3.22. The summed E-state index contributed by atoms with van der Waals surface area (Å²) in [4.78, 5) is 21.8. The van der Waals surface area contributed by atoms with Crippen LogP contribution in [0.25, 0.3) is 0 Å². The van der Waals surface area contributed by atoms with Crippen molar-refractivity contribution in [3.63, 3.8) is 0 Å². The fraction of sp³-hybridized carbons (Fsp3) is 0.846. The fourth-order valence-electron chi connectivity index (χ4n) is 1.50. The fourth-order valence-corrected chi connectivity index (χ4v) is 1.50. The molecule has 0 heterocycles. The minimum absolute atomic E-state index is 0. The standard InChI is InChI=1S/C13H24O4.Li/c1-6-7-8-13(5,12(2,3)4)17-11(16)9-10(14)15;/h6-9H2,1-5H3,(H,14,15);/q;+1/p-1. The first kappa shape index (κ1) is 19.9. The Balaban J connectivity index is 0. The van der Waals surface area contributed by atoms with Gasteiger partial charge in [0.25, 0.3) is 0 Å². The first-order chi connectivity index (χ1) is 7.62. The topological polar surface area (TPSA) is 66.4 Å². The van der Waals surface area contributed by atoms with Gasteiger partial charge in [-0.25, -0.2) is 0 Å². The Hall–Kier alpha value is -0.463. The Bertz CT molecular complexity index is 283. The second-order valence-corrected chi connectivity index (χ2v) is 5.61. The van der Waals surface area contributed by atoms with E-state index >= 15 is 0 Å². The minimum atomic E-state index is -1.40. The summed E-state index contributed by atoms with van der Waals surface area (Å²) in [5.74, 6) is -2.12. The van der Waals surface area contributed by atoms with Gasteiger partial charge in [0.15, 0.2) is 0 Å². The molecule has 18 heavy (non-hydrogen) atoms. The van der Waals surface area contributed by atoms with E-state index in [-0.39, 0.29) is 24.3 Å². The average molecular weight is 250 g/mol. The molecule has 0 aliphatic rings. The Morgan fingerprint density at radius 2 is 1.67 bits per heavy atom. The number of hydrogen-bond acceptors (Lipinski definition) is 4. The summed E-state index contributed by atoms with van der Waals surface area (Å²) < 4.78 is 5.36. The van der Waals surface area contributed by atoms with E-state index in [0.29, 0.717) is 0 Å². The van der Waals surface area contributed by atoms with E-state index in [1.807, 2.05) is 27.7 Å². The van der Waals surface area contributed by atoms with Crippen molar-refractivity contribution in [1.82, 2.24) is 0 Å². The molecule has 0 aliphatic heterocycles. The summed E-state index contributed by atoms with van der Waals surface area (Å²) in [7, 11) is 0. The van der Waals surface area contributed by atoms with Gasteiger partial charge < -0.3 is 14.6 Å². The number of carboxylic acid groups (broad SMARTS) is 1. The number of ether oxygens (including phenoxy) is 1.